The van der Waals surface area contributed by atoms with Gasteiger partial charge in [-0.3, -0.25) is 20.6 Å². The van der Waals surface area contributed by atoms with Gasteiger partial charge in [-0.1, -0.05) is 12.1 Å². The van der Waals surface area contributed by atoms with E-state index in [1.54, 1.807) is 22.2 Å². The molecule has 0 bridgehead atoms. The molecular formula is C60H92N12O10. The van der Waals surface area contributed by atoms with Gasteiger partial charge in [-0.2, -0.15) is 0 Å². The smallest absolute Gasteiger partial charge is 0.410 e. The number of aryl methyl sites for hydroxylation is 4. The number of piperidine rings is 4. The lowest BCUT2D eigenvalue weighted by Gasteiger charge is -2.34. The molecule has 82 heavy (non-hydrogen) atoms. The third-order valence-electron chi connectivity index (χ3n) is 13.4. The van der Waals surface area contributed by atoms with Crippen LogP contribution in [0.2, 0.25) is 0 Å². The molecule has 8 rings (SSSR count). The van der Waals surface area contributed by atoms with Gasteiger partial charge < -0.3 is 60.2 Å². The van der Waals surface area contributed by atoms with Crippen LogP contribution in [0.5, 0.6) is 11.5 Å². The first-order chi connectivity index (χ1) is 39.0. The van der Waals surface area contributed by atoms with E-state index in [9.17, 15) is 19.2 Å². The second-order valence-corrected chi connectivity index (χ2v) is 23.5. The number of urea groups is 2. The molecule has 0 radical (unpaired) electrons. The highest BCUT2D eigenvalue weighted by atomic mass is 16.6. The Morgan fingerprint density at radius 1 is 0.549 bits per heavy atom. The van der Waals surface area contributed by atoms with E-state index in [1.807, 2.05) is 106 Å². The van der Waals surface area contributed by atoms with Crippen molar-refractivity contribution in [1.82, 2.24) is 40.4 Å². The normalized spacial score (nSPS) is 18.9. The van der Waals surface area contributed by atoms with Crippen LogP contribution in [0, 0.1) is 51.4 Å². The van der Waals surface area contributed by atoms with E-state index in [4.69, 9.17) is 29.2 Å². The van der Waals surface area contributed by atoms with Crippen LogP contribution in [-0.4, -0.2) is 154 Å². The summed E-state index contributed by atoms with van der Waals surface area (Å²) < 4.78 is 22.8. The van der Waals surface area contributed by atoms with Gasteiger partial charge in [0.2, 0.25) is 0 Å². The Labute approximate surface area is 485 Å². The zero-order valence-corrected chi connectivity index (χ0v) is 50.1. The SMILES string of the molecule is CC(C)(C)OC(=O)N1CCCC(CO)C1.Cc1ccc(OCC2CCCN(C(=O)OC(C)(C)C)C2)c(NC(=O)Nc2cnc(C)cn2)c1.Cc1ccc(OCC2CCCNC2)c(NC(=O)Nc2cnc(C)cn2)c1.OCC1CCCNC1. The largest absolute Gasteiger partial charge is 0.491 e. The Hall–Kier alpha value is -6.88. The molecule has 0 aliphatic carbocycles. The minimum absolute atomic E-state index is 0.152. The third kappa shape index (κ3) is 25.1. The quantitative estimate of drug-likeness (QED) is 0.0656. The first kappa shape index (κ1) is 65.9. The maximum Gasteiger partial charge on any atom is 0.410 e. The number of hydrogen-bond donors (Lipinski definition) is 8. The Kier molecular flexibility index (Phi) is 26.8. The fourth-order valence-corrected chi connectivity index (χ4v) is 9.15. The fraction of sp³-hybridized carbons (Fsp3) is 0.600. The number of carbonyl (C=O) groups excluding carboxylic acids is 4. The number of amides is 6. The molecule has 22 nitrogen and oxygen atoms in total. The van der Waals surface area contributed by atoms with Crippen LogP contribution >= 0.6 is 0 Å². The molecule has 4 atom stereocenters. The van der Waals surface area contributed by atoms with Crippen LogP contribution in [0.15, 0.2) is 61.2 Å². The summed E-state index contributed by atoms with van der Waals surface area (Å²) in [6.07, 6.45) is 14.2. The molecule has 0 spiro atoms. The number of ether oxygens (including phenoxy) is 4. The summed E-state index contributed by atoms with van der Waals surface area (Å²) >= 11 is 0. The number of carbonyl (C=O) groups is 4. The summed E-state index contributed by atoms with van der Waals surface area (Å²) in [7, 11) is 0. The maximum atomic E-state index is 12.5. The van der Waals surface area contributed by atoms with Gasteiger partial charge in [-0.25, -0.2) is 29.1 Å². The van der Waals surface area contributed by atoms with Crippen molar-refractivity contribution in [3.63, 3.8) is 0 Å². The van der Waals surface area contributed by atoms with Crippen molar-refractivity contribution in [1.29, 1.82) is 0 Å². The number of hydrogen-bond acceptors (Lipinski definition) is 16. The van der Waals surface area contributed by atoms with Crippen molar-refractivity contribution >= 4 is 47.3 Å². The van der Waals surface area contributed by atoms with Gasteiger partial charge in [0.25, 0.3) is 0 Å². The lowest BCUT2D eigenvalue weighted by molar-refractivity contribution is 0.0125. The molecule has 4 aromatic rings. The van der Waals surface area contributed by atoms with E-state index in [-0.39, 0.29) is 36.7 Å². The van der Waals surface area contributed by atoms with Gasteiger partial charge in [-0.05, 0) is 181 Å². The van der Waals surface area contributed by atoms with Crippen LogP contribution in [0.4, 0.5) is 42.2 Å². The molecule has 22 heteroatoms. The van der Waals surface area contributed by atoms with Crippen molar-refractivity contribution in [2.24, 2.45) is 23.7 Å². The Bertz CT molecular complexity index is 2580. The predicted molar refractivity (Wildman–Crippen MR) is 319 cm³/mol. The molecule has 4 aliphatic heterocycles. The van der Waals surface area contributed by atoms with Gasteiger partial charge in [-0.15, -0.1) is 0 Å². The molecule has 0 saturated carbocycles. The zero-order valence-electron chi connectivity index (χ0n) is 50.1. The number of aliphatic hydroxyl groups excluding tert-OH is 2. The van der Waals surface area contributed by atoms with Gasteiger partial charge in [0.1, 0.15) is 22.7 Å². The van der Waals surface area contributed by atoms with Crippen LogP contribution in [-0.2, 0) is 9.47 Å². The monoisotopic (exact) mass is 1140 g/mol. The Balaban J connectivity index is 0.000000222. The molecule has 4 fully saturated rings. The van der Waals surface area contributed by atoms with Crippen molar-refractivity contribution in [3.8, 4) is 11.5 Å². The minimum Gasteiger partial charge on any atom is -0.491 e. The number of likely N-dealkylation sites (tertiary alicyclic amines) is 2. The van der Waals surface area contributed by atoms with E-state index >= 15 is 0 Å². The van der Waals surface area contributed by atoms with Gasteiger partial charge in [0.05, 0.1) is 60.8 Å². The standard InChI is InChI=1S/C24H33N5O4.C19H25N5O2.C11H21NO3.C6H13NO/c1-16-8-9-20(19(11-16)27-22(30)28-21-13-25-17(2)12-26-21)32-15-18-7-6-10-29(14-18)23(31)33-24(3,4)5;1-13-5-6-17(26-12-15-4-3-7-20-10-15)16(8-13)23-19(25)24-18-11-21-14(2)9-22-18;1-11(2,3)15-10(14)12-6-4-5-9(7-12)8-13;8-5-6-2-1-3-7-4-6/h8-9,11-13,18H,6-7,10,14-15H2,1-5H3,(H2,26,27,28,30);5-6,8-9,11,15,20H,3-4,7,10,12H2,1-2H3,(H2,22,23,24,25);9,13H,4-8H2,1-3H3;6-8H,1-5H2. The highest BCUT2D eigenvalue weighted by molar-refractivity contribution is 6.00. The molecule has 6 amide bonds. The molecule has 452 valence electrons. The predicted octanol–water partition coefficient (Wildman–Crippen LogP) is 9.48. The maximum absolute atomic E-state index is 12.5. The van der Waals surface area contributed by atoms with E-state index < -0.39 is 17.2 Å². The van der Waals surface area contributed by atoms with Crippen LogP contribution in [0.25, 0.3) is 0 Å². The number of rotatable bonds is 12. The highest BCUT2D eigenvalue weighted by Gasteiger charge is 2.29. The average Bonchev–Trinajstić information content (AvgIpc) is 3.52. The minimum atomic E-state index is -0.520. The summed E-state index contributed by atoms with van der Waals surface area (Å²) in [4.78, 5) is 68.8. The number of benzene rings is 2. The van der Waals surface area contributed by atoms with Crippen molar-refractivity contribution in [2.75, 3.05) is 100 Å². The third-order valence-corrected chi connectivity index (χ3v) is 13.4. The molecule has 4 saturated heterocycles. The molecule has 8 N–H and O–H groups in total. The number of aliphatic hydroxyl groups is 2. The first-order valence-corrected chi connectivity index (χ1v) is 28.8. The second kappa shape index (κ2) is 33.3. The highest BCUT2D eigenvalue weighted by Crippen LogP contribution is 2.30. The van der Waals surface area contributed by atoms with Crippen molar-refractivity contribution < 1.29 is 48.3 Å². The van der Waals surface area contributed by atoms with E-state index in [2.05, 4.69) is 51.8 Å². The van der Waals surface area contributed by atoms with Crippen molar-refractivity contribution in [2.45, 2.75) is 132 Å². The van der Waals surface area contributed by atoms with E-state index in [0.717, 1.165) is 87.3 Å². The fourth-order valence-electron chi connectivity index (χ4n) is 9.15. The average molecular weight is 1140 g/mol. The van der Waals surface area contributed by atoms with Crippen LogP contribution < -0.4 is 41.4 Å². The lowest BCUT2D eigenvalue weighted by Crippen LogP contribution is -2.44. The number of nitrogens with zero attached hydrogens (tertiary/aromatic N) is 6. The zero-order chi connectivity index (χ0) is 59.7. The second-order valence-electron chi connectivity index (χ2n) is 23.5. The van der Waals surface area contributed by atoms with Gasteiger partial charge in [0.15, 0.2) is 11.6 Å². The number of aromatic nitrogens is 4. The number of nitrogens with one attached hydrogen (secondary N) is 6. The summed E-state index contributed by atoms with van der Waals surface area (Å²) in [5.41, 5.74) is 3.84. The topological polar surface area (TPSA) is 276 Å². The Morgan fingerprint density at radius 3 is 1.35 bits per heavy atom. The molecular weight excluding hydrogens is 1050 g/mol. The van der Waals surface area contributed by atoms with E-state index in [0.29, 0.717) is 85.8 Å². The lowest BCUT2D eigenvalue weighted by atomic mass is 9.99. The van der Waals surface area contributed by atoms with Gasteiger partial charge >= 0.3 is 24.2 Å². The summed E-state index contributed by atoms with van der Waals surface area (Å²) in [6.45, 7) is 27.2. The molecule has 2 aromatic carbocycles. The van der Waals surface area contributed by atoms with Crippen LogP contribution in [0.3, 0.4) is 0 Å². The Morgan fingerprint density at radius 2 is 0.963 bits per heavy atom. The van der Waals surface area contributed by atoms with Crippen molar-refractivity contribution in [3.05, 3.63) is 83.7 Å². The number of anilines is 4. The van der Waals surface area contributed by atoms with Gasteiger partial charge in [0, 0.05) is 64.3 Å². The summed E-state index contributed by atoms with van der Waals surface area (Å²) in [5.74, 6) is 3.42. The molecule has 4 aliphatic rings. The molecule has 2 aromatic heterocycles. The van der Waals surface area contributed by atoms with Crippen LogP contribution in [0.1, 0.15) is 115 Å². The summed E-state index contributed by atoms with van der Waals surface area (Å²) in [5, 5.41) is 35.3. The molecule has 4 unspecified atom stereocenters. The summed E-state index contributed by atoms with van der Waals surface area (Å²) in [6, 6.07) is 10.6. The first-order valence-electron chi connectivity index (χ1n) is 28.8. The molecule has 6 heterocycles. The van der Waals surface area contributed by atoms with E-state index in [1.165, 1.54) is 31.7 Å².